The number of halogens is 1. The van der Waals surface area contributed by atoms with Crippen molar-refractivity contribution in [3.63, 3.8) is 0 Å². The number of carbonyl (C=O) groups excluding carboxylic acids is 1. The zero-order valence-electron chi connectivity index (χ0n) is 16.5. The first kappa shape index (κ1) is 19.9. The summed E-state index contributed by atoms with van der Waals surface area (Å²) in [5.41, 5.74) is 3.43. The molecule has 1 aliphatic heterocycles. The van der Waals surface area contributed by atoms with Crippen molar-refractivity contribution >= 4 is 39.3 Å². The molecule has 150 valence electrons. The minimum absolute atomic E-state index is 0.200. The minimum Gasteiger partial charge on any atom is -0.497 e. The average Bonchev–Trinajstić information content (AvgIpc) is 3.11. The standard InChI is InChI=1S/C24H19BrN2O3/c1-29-20-13-8-17(22(15-20)30-2)14-21-23(16-6-4-3-5-7-16)26-27(24(21)28)19-11-9-18(25)10-12-19/h3-15H,1-2H3/b21-14-. The van der Waals surface area contributed by atoms with E-state index in [0.717, 1.165) is 15.6 Å². The van der Waals surface area contributed by atoms with Gasteiger partial charge < -0.3 is 9.47 Å². The molecule has 0 spiro atoms. The Balaban J connectivity index is 1.83. The smallest absolute Gasteiger partial charge is 0.281 e. The van der Waals surface area contributed by atoms with Gasteiger partial charge in [0.05, 0.1) is 25.5 Å². The fourth-order valence-electron chi connectivity index (χ4n) is 3.20. The third-order valence-corrected chi connectivity index (χ3v) is 5.27. The van der Waals surface area contributed by atoms with Gasteiger partial charge in [-0.2, -0.15) is 10.1 Å². The highest BCUT2D eigenvalue weighted by Gasteiger charge is 2.32. The number of amides is 1. The average molecular weight is 463 g/mol. The SMILES string of the molecule is COc1ccc(/C=C2\C(=O)N(c3ccc(Br)cc3)N=C2c2ccccc2)c(OC)c1. The summed E-state index contributed by atoms with van der Waals surface area (Å²) in [4.78, 5) is 13.4. The van der Waals surface area contributed by atoms with Gasteiger partial charge >= 0.3 is 0 Å². The molecule has 0 radical (unpaired) electrons. The van der Waals surface area contributed by atoms with Gasteiger partial charge in [0.25, 0.3) is 5.91 Å². The van der Waals surface area contributed by atoms with Gasteiger partial charge in [-0.25, -0.2) is 0 Å². The Bertz CT molecular complexity index is 1140. The van der Waals surface area contributed by atoms with Crippen LogP contribution in [0.2, 0.25) is 0 Å². The number of benzene rings is 3. The molecule has 4 rings (SSSR count). The van der Waals surface area contributed by atoms with Gasteiger partial charge in [0.15, 0.2) is 0 Å². The van der Waals surface area contributed by atoms with Crippen molar-refractivity contribution in [2.45, 2.75) is 0 Å². The molecule has 6 heteroatoms. The monoisotopic (exact) mass is 462 g/mol. The number of anilines is 1. The van der Waals surface area contributed by atoms with Crippen LogP contribution in [-0.2, 0) is 4.79 Å². The topological polar surface area (TPSA) is 51.1 Å². The molecule has 5 nitrogen and oxygen atoms in total. The molecule has 0 atom stereocenters. The Hall–Kier alpha value is -3.38. The van der Waals surface area contributed by atoms with E-state index in [4.69, 9.17) is 9.47 Å². The number of nitrogens with zero attached hydrogens (tertiary/aromatic N) is 2. The van der Waals surface area contributed by atoms with E-state index in [0.29, 0.717) is 28.5 Å². The molecular weight excluding hydrogens is 444 g/mol. The third-order valence-electron chi connectivity index (χ3n) is 4.74. The van der Waals surface area contributed by atoms with Crippen LogP contribution in [0, 0.1) is 0 Å². The van der Waals surface area contributed by atoms with Crippen LogP contribution in [0.1, 0.15) is 11.1 Å². The second-order valence-corrected chi connectivity index (χ2v) is 7.49. The molecule has 0 fully saturated rings. The summed E-state index contributed by atoms with van der Waals surface area (Å²) in [5, 5.41) is 6.08. The summed E-state index contributed by atoms with van der Waals surface area (Å²) >= 11 is 3.43. The van der Waals surface area contributed by atoms with E-state index in [1.165, 1.54) is 5.01 Å². The number of methoxy groups -OCH3 is 2. The van der Waals surface area contributed by atoms with Crippen LogP contribution in [0.15, 0.2) is 87.9 Å². The van der Waals surface area contributed by atoms with Crippen molar-refractivity contribution in [1.82, 2.24) is 0 Å². The second-order valence-electron chi connectivity index (χ2n) is 6.57. The van der Waals surface area contributed by atoms with Gasteiger partial charge in [-0.05, 0) is 42.5 Å². The van der Waals surface area contributed by atoms with Gasteiger partial charge in [0, 0.05) is 21.7 Å². The third kappa shape index (κ3) is 3.86. The van der Waals surface area contributed by atoms with E-state index in [1.54, 1.807) is 20.3 Å². The summed E-state index contributed by atoms with van der Waals surface area (Å²) in [6, 6.07) is 22.6. The Morgan fingerprint density at radius 2 is 1.67 bits per heavy atom. The molecule has 0 aromatic heterocycles. The predicted octanol–water partition coefficient (Wildman–Crippen LogP) is 5.30. The zero-order chi connectivity index (χ0) is 21.1. The lowest BCUT2D eigenvalue weighted by Crippen LogP contribution is -2.21. The van der Waals surface area contributed by atoms with Crippen LogP contribution < -0.4 is 14.5 Å². The molecule has 1 heterocycles. The maximum Gasteiger partial charge on any atom is 0.281 e. The Kier molecular flexibility index (Phi) is 5.68. The van der Waals surface area contributed by atoms with Crippen molar-refractivity contribution < 1.29 is 14.3 Å². The van der Waals surface area contributed by atoms with Gasteiger partial charge in [-0.3, -0.25) is 4.79 Å². The van der Waals surface area contributed by atoms with E-state index in [9.17, 15) is 4.79 Å². The number of hydrogen-bond donors (Lipinski definition) is 0. The normalized spacial score (nSPS) is 14.8. The molecule has 3 aromatic rings. The largest absolute Gasteiger partial charge is 0.497 e. The first-order valence-electron chi connectivity index (χ1n) is 9.29. The van der Waals surface area contributed by atoms with E-state index < -0.39 is 0 Å². The summed E-state index contributed by atoms with van der Waals surface area (Å²) in [6.45, 7) is 0. The molecule has 1 amide bonds. The molecule has 30 heavy (non-hydrogen) atoms. The van der Waals surface area contributed by atoms with Gasteiger partial charge in [-0.15, -0.1) is 0 Å². The molecule has 0 saturated heterocycles. The molecule has 0 unspecified atom stereocenters. The maximum absolute atomic E-state index is 13.4. The molecule has 3 aromatic carbocycles. The lowest BCUT2D eigenvalue weighted by Gasteiger charge is -2.12. The molecule has 0 saturated carbocycles. The van der Waals surface area contributed by atoms with E-state index in [-0.39, 0.29) is 5.91 Å². The van der Waals surface area contributed by atoms with Gasteiger partial charge in [0.2, 0.25) is 0 Å². The molecule has 0 N–H and O–H groups in total. The lowest BCUT2D eigenvalue weighted by atomic mass is 10.00. The van der Waals surface area contributed by atoms with Crippen LogP contribution >= 0.6 is 15.9 Å². The fourth-order valence-corrected chi connectivity index (χ4v) is 3.47. The van der Waals surface area contributed by atoms with E-state index in [2.05, 4.69) is 21.0 Å². The molecule has 1 aliphatic rings. The summed E-state index contributed by atoms with van der Waals surface area (Å²) < 4.78 is 11.7. The zero-order valence-corrected chi connectivity index (χ0v) is 18.1. The van der Waals surface area contributed by atoms with Crippen LogP contribution in [-0.4, -0.2) is 25.8 Å². The number of carbonyl (C=O) groups is 1. The van der Waals surface area contributed by atoms with Crippen LogP contribution in [0.5, 0.6) is 11.5 Å². The summed E-state index contributed by atoms with van der Waals surface area (Å²) in [5.74, 6) is 1.10. The van der Waals surface area contributed by atoms with E-state index >= 15 is 0 Å². The van der Waals surface area contributed by atoms with Crippen molar-refractivity contribution in [3.05, 3.63) is 94.0 Å². The number of rotatable bonds is 5. The first-order chi connectivity index (χ1) is 14.6. The molecule has 0 bridgehead atoms. The fraction of sp³-hybridized carbons (Fsp3) is 0.0833. The Morgan fingerprint density at radius 3 is 2.33 bits per heavy atom. The number of ether oxygens (including phenoxy) is 2. The van der Waals surface area contributed by atoms with Crippen molar-refractivity contribution in [2.24, 2.45) is 5.10 Å². The molecule has 0 aliphatic carbocycles. The van der Waals surface area contributed by atoms with Crippen LogP contribution in [0.3, 0.4) is 0 Å². The Labute approximate surface area is 183 Å². The van der Waals surface area contributed by atoms with Crippen molar-refractivity contribution in [2.75, 3.05) is 19.2 Å². The lowest BCUT2D eigenvalue weighted by molar-refractivity contribution is -0.114. The van der Waals surface area contributed by atoms with Gasteiger partial charge in [0.1, 0.15) is 17.2 Å². The highest BCUT2D eigenvalue weighted by Crippen LogP contribution is 2.32. The highest BCUT2D eigenvalue weighted by molar-refractivity contribution is 9.10. The predicted molar refractivity (Wildman–Crippen MR) is 122 cm³/mol. The number of hydrazone groups is 1. The van der Waals surface area contributed by atoms with E-state index in [1.807, 2.05) is 72.8 Å². The van der Waals surface area contributed by atoms with Crippen molar-refractivity contribution in [1.29, 1.82) is 0 Å². The second kappa shape index (κ2) is 8.55. The Morgan fingerprint density at radius 1 is 0.933 bits per heavy atom. The maximum atomic E-state index is 13.4. The summed E-state index contributed by atoms with van der Waals surface area (Å²) in [6.07, 6.45) is 1.81. The van der Waals surface area contributed by atoms with Gasteiger partial charge in [-0.1, -0.05) is 46.3 Å². The van der Waals surface area contributed by atoms with Crippen LogP contribution in [0.25, 0.3) is 6.08 Å². The highest BCUT2D eigenvalue weighted by atomic mass is 79.9. The first-order valence-corrected chi connectivity index (χ1v) is 10.1. The van der Waals surface area contributed by atoms with Crippen molar-refractivity contribution in [3.8, 4) is 11.5 Å². The van der Waals surface area contributed by atoms with Crippen LogP contribution in [0.4, 0.5) is 5.69 Å². The number of hydrogen-bond acceptors (Lipinski definition) is 4. The summed E-state index contributed by atoms with van der Waals surface area (Å²) in [7, 11) is 3.19. The molecular formula is C24H19BrN2O3. The quantitative estimate of drug-likeness (QED) is 0.483. The minimum atomic E-state index is -0.200.